The first-order chi connectivity index (χ1) is 10.2. The van der Waals surface area contributed by atoms with Crippen molar-refractivity contribution < 1.29 is 14.7 Å². The van der Waals surface area contributed by atoms with Gasteiger partial charge in [-0.3, -0.25) is 0 Å². The van der Waals surface area contributed by atoms with E-state index in [2.05, 4.69) is 5.16 Å². The molecular formula is C16H18N2O3. The number of nitrogens with zero attached hydrogens (tertiary/aromatic N) is 1. The highest BCUT2D eigenvalue weighted by Gasteiger charge is 2.06. The number of aryl methyl sites for hydroxylation is 1. The first-order valence-corrected chi connectivity index (χ1v) is 6.49. The van der Waals surface area contributed by atoms with Crippen LogP contribution in [0.2, 0.25) is 0 Å². The fraction of sp³-hybridized carbons (Fsp3) is 0.188. The molecule has 0 aliphatic heterocycles. The van der Waals surface area contributed by atoms with E-state index in [0.29, 0.717) is 23.7 Å². The van der Waals surface area contributed by atoms with Gasteiger partial charge in [-0.15, -0.1) is 0 Å². The van der Waals surface area contributed by atoms with E-state index in [1.807, 2.05) is 43.3 Å². The summed E-state index contributed by atoms with van der Waals surface area (Å²) in [6.45, 7) is 2.37. The molecule has 0 unspecified atom stereocenters. The molecule has 0 fully saturated rings. The second-order valence-corrected chi connectivity index (χ2v) is 4.57. The Balaban J connectivity index is 2.14. The van der Waals surface area contributed by atoms with Crippen LogP contribution in [-0.4, -0.2) is 18.2 Å². The Morgan fingerprint density at radius 2 is 1.90 bits per heavy atom. The van der Waals surface area contributed by atoms with Crippen molar-refractivity contribution in [1.82, 2.24) is 0 Å². The van der Waals surface area contributed by atoms with Gasteiger partial charge in [0.15, 0.2) is 17.3 Å². The normalized spacial score (nSPS) is 11.2. The fourth-order valence-corrected chi connectivity index (χ4v) is 1.97. The largest absolute Gasteiger partial charge is 0.493 e. The van der Waals surface area contributed by atoms with Gasteiger partial charge in [0.2, 0.25) is 0 Å². The summed E-state index contributed by atoms with van der Waals surface area (Å²) >= 11 is 0. The van der Waals surface area contributed by atoms with Crippen LogP contribution in [0.5, 0.6) is 11.5 Å². The Bertz CT molecular complexity index is 654. The number of hydrogen-bond donors (Lipinski definition) is 2. The molecule has 0 spiro atoms. The number of amidine groups is 1. The maximum absolute atomic E-state index is 8.68. The Hall–Kier alpha value is -2.69. The molecule has 0 saturated carbocycles. The smallest absolute Gasteiger partial charge is 0.170 e. The van der Waals surface area contributed by atoms with Gasteiger partial charge in [-0.2, -0.15) is 0 Å². The maximum Gasteiger partial charge on any atom is 0.170 e. The minimum Gasteiger partial charge on any atom is -0.493 e. The lowest BCUT2D eigenvalue weighted by atomic mass is 10.1. The zero-order valence-electron chi connectivity index (χ0n) is 12.0. The van der Waals surface area contributed by atoms with E-state index in [1.165, 1.54) is 0 Å². The maximum atomic E-state index is 8.68. The zero-order valence-corrected chi connectivity index (χ0v) is 12.0. The van der Waals surface area contributed by atoms with E-state index in [-0.39, 0.29) is 5.84 Å². The van der Waals surface area contributed by atoms with E-state index < -0.39 is 0 Å². The number of ether oxygens (including phenoxy) is 2. The summed E-state index contributed by atoms with van der Waals surface area (Å²) in [5, 5.41) is 11.7. The molecule has 0 amide bonds. The molecule has 0 radical (unpaired) electrons. The van der Waals surface area contributed by atoms with Gasteiger partial charge in [-0.1, -0.05) is 29.4 Å². The highest BCUT2D eigenvalue weighted by molar-refractivity contribution is 5.97. The van der Waals surface area contributed by atoms with E-state index in [9.17, 15) is 0 Å². The van der Waals surface area contributed by atoms with E-state index in [1.54, 1.807) is 13.2 Å². The van der Waals surface area contributed by atoms with Gasteiger partial charge in [0.05, 0.1) is 7.11 Å². The lowest BCUT2D eigenvalue weighted by Crippen LogP contribution is -2.13. The van der Waals surface area contributed by atoms with Crippen molar-refractivity contribution in [2.45, 2.75) is 13.5 Å². The summed E-state index contributed by atoms with van der Waals surface area (Å²) in [6.07, 6.45) is 0. The van der Waals surface area contributed by atoms with Crippen molar-refractivity contribution >= 4 is 5.84 Å². The lowest BCUT2D eigenvalue weighted by Gasteiger charge is -2.12. The second-order valence-electron chi connectivity index (χ2n) is 4.57. The molecule has 0 aliphatic rings. The zero-order chi connectivity index (χ0) is 15.2. The van der Waals surface area contributed by atoms with Gasteiger partial charge in [0.1, 0.15) is 6.61 Å². The summed E-state index contributed by atoms with van der Waals surface area (Å²) in [6, 6.07) is 13.1. The first kappa shape index (κ1) is 14.7. The topological polar surface area (TPSA) is 77.1 Å². The van der Waals surface area contributed by atoms with E-state index in [0.717, 1.165) is 11.1 Å². The summed E-state index contributed by atoms with van der Waals surface area (Å²) in [5.74, 6) is 1.48. The molecule has 0 saturated heterocycles. The van der Waals surface area contributed by atoms with Gasteiger partial charge in [0, 0.05) is 5.56 Å². The number of para-hydroxylation sites is 2. The molecule has 0 bridgehead atoms. The quantitative estimate of drug-likeness (QED) is 0.383. The molecule has 2 aromatic carbocycles. The molecule has 5 nitrogen and oxygen atoms in total. The number of benzene rings is 2. The molecule has 0 aromatic heterocycles. The highest BCUT2D eigenvalue weighted by Crippen LogP contribution is 2.27. The van der Waals surface area contributed by atoms with Crippen molar-refractivity contribution in [2.24, 2.45) is 10.9 Å². The molecule has 3 N–H and O–H groups in total. The molecule has 21 heavy (non-hydrogen) atoms. The third-order valence-corrected chi connectivity index (χ3v) is 3.20. The Morgan fingerprint density at radius 3 is 2.52 bits per heavy atom. The van der Waals surface area contributed by atoms with Crippen LogP contribution in [0.4, 0.5) is 0 Å². The standard InChI is InChI=1S/C16H18N2O3/c1-11-9-12(16(17)18-19)7-8-13(11)10-21-15-6-4-3-5-14(15)20-2/h3-9,19H,10H2,1-2H3,(H2,17,18). The highest BCUT2D eigenvalue weighted by atomic mass is 16.5. The van der Waals surface area contributed by atoms with Gasteiger partial charge in [-0.25, -0.2) is 0 Å². The third kappa shape index (κ3) is 3.45. The van der Waals surface area contributed by atoms with Crippen LogP contribution in [0.3, 0.4) is 0 Å². The molecule has 2 rings (SSSR count). The van der Waals surface area contributed by atoms with Gasteiger partial charge in [-0.05, 0) is 36.2 Å². The van der Waals surface area contributed by atoms with Crippen molar-refractivity contribution in [3.05, 3.63) is 59.2 Å². The van der Waals surface area contributed by atoms with Crippen LogP contribution in [0, 0.1) is 6.92 Å². The third-order valence-electron chi connectivity index (χ3n) is 3.20. The van der Waals surface area contributed by atoms with Crippen LogP contribution in [0.1, 0.15) is 16.7 Å². The first-order valence-electron chi connectivity index (χ1n) is 6.49. The average Bonchev–Trinajstić information content (AvgIpc) is 2.53. The summed E-state index contributed by atoms with van der Waals surface area (Å²) in [7, 11) is 1.61. The number of rotatable bonds is 5. The van der Waals surface area contributed by atoms with E-state index >= 15 is 0 Å². The Morgan fingerprint density at radius 1 is 1.19 bits per heavy atom. The SMILES string of the molecule is COc1ccccc1OCc1ccc(/C(N)=N/O)cc1C. The molecule has 5 heteroatoms. The molecule has 2 aromatic rings. The molecule has 0 heterocycles. The van der Waals surface area contributed by atoms with Crippen molar-refractivity contribution in [3.8, 4) is 11.5 Å². The minimum absolute atomic E-state index is 0.0929. The average molecular weight is 286 g/mol. The number of hydrogen-bond acceptors (Lipinski definition) is 4. The molecular weight excluding hydrogens is 268 g/mol. The van der Waals surface area contributed by atoms with Gasteiger partial charge in [0.25, 0.3) is 0 Å². The van der Waals surface area contributed by atoms with Crippen molar-refractivity contribution in [3.63, 3.8) is 0 Å². The van der Waals surface area contributed by atoms with Crippen LogP contribution in [0.25, 0.3) is 0 Å². The van der Waals surface area contributed by atoms with Crippen LogP contribution >= 0.6 is 0 Å². The second kappa shape index (κ2) is 6.65. The van der Waals surface area contributed by atoms with E-state index in [4.69, 9.17) is 20.4 Å². The van der Waals surface area contributed by atoms with Crippen molar-refractivity contribution in [1.29, 1.82) is 0 Å². The summed E-state index contributed by atoms with van der Waals surface area (Å²) < 4.78 is 11.0. The van der Waals surface area contributed by atoms with Crippen LogP contribution < -0.4 is 15.2 Å². The van der Waals surface area contributed by atoms with Crippen molar-refractivity contribution in [2.75, 3.05) is 7.11 Å². The minimum atomic E-state index is 0.0929. The van der Waals surface area contributed by atoms with Gasteiger partial charge >= 0.3 is 0 Å². The molecule has 0 atom stereocenters. The number of methoxy groups -OCH3 is 1. The number of oxime groups is 1. The molecule has 0 aliphatic carbocycles. The summed E-state index contributed by atoms with van der Waals surface area (Å²) in [4.78, 5) is 0. The monoisotopic (exact) mass is 286 g/mol. The predicted molar refractivity (Wildman–Crippen MR) is 81.0 cm³/mol. The summed E-state index contributed by atoms with van der Waals surface area (Å²) in [5.41, 5.74) is 8.28. The Labute approximate surface area is 123 Å². The van der Waals surface area contributed by atoms with Crippen LogP contribution in [-0.2, 0) is 6.61 Å². The fourth-order valence-electron chi connectivity index (χ4n) is 1.97. The Kier molecular flexibility index (Phi) is 4.66. The van der Waals surface area contributed by atoms with Crippen LogP contribution in [0.15, 0.2) is 47.6 Å². The number of nitrogens with two attached hydrogens (primary N) is 1. The molecule has 110 valence electrons. The lowest BCUT2D eigenvalue weighted by molar-refractivity contribution is 0.284. The van der Waals surface area contributed by atoms with Gasteiger partial charge < -0.3 is 20.4 Å². The predicted octanol–water partition coefficient (Wildman–Crippen LogP) is 2.68.